The van der Waals surface area contributed by atoms with Crippen LogP contribution < -0.4 is 0 Å². The first-order valence-electron chi connectivity index (χ1n) is 9.87. The van der Waals surface area contributed by atoms with Gasteiger partial charge in [0, 0.05) is 17.5 Å². The van der Waals surface area contributed by atoms with E-state index in [9.17, 15) is 9.59 Å². The van der Waals surface area contributed by atoms with Crippen molar-refractivity contribution in [2.75, 3.05) is 6.61 Å². The summed E-state index contributed by atoms with van der Waals surface area (Å²) in [4.78, 5) is 28.9. The minimum atomic E-state index is -0.588. The number of aromatic nitrogens is 2. The molecule has 5 heteroatoms. The Kier molecular flexibility index (Phi) is 5.24. The van der Waals surface area contributed by atoms with Gasteiger partial charge >= 0.3 is 5.97 Å². The van der Waals surface area contributed by atoms with E-state index in [1.807, 2.05) is 53.8 Å². The quantitative estimate of drug-likeness (QED) is 0.477. The van der Waals surface area contributed by atoms with Crippen LogP contribution in [0.1, 0.15) is 70.1 Å². The number of Topliss-reactive ketones (excluding diaryl/α,β-unsaturated/α-hetero) is 1. The van der Waals surface area contributed by atoms with Gasteiger partial charge in [0.15, 0.2) is 18.1 Å². The van der Waals surface area contributed by atoms with Crippen LogP contribution in [0.3, 0.4) is 0 Å². The average molecular weight is 376 g/mol. The number of carbonyl (C=O) groups is 2. The summed E-state index contributed by atoms with van der Waals surface area (Å²) in [5.41, 5.74) is 3.72. The van der Waals surface area contributed by atoms with Crippen molar-refractivity contribution >= 4 is 17.4 Å². The maximum Gasteiger partial charge on any atom is 0.359 e. The van der Waals surface area contributed by atoms with Crippen LogP contribution in [-0.4, -0.2) is 27.7 Å². The molecule has 1 aliphatic carbocycles. The van der Waals surface area contributed by atoms with E-state index < -0.39 is 5.97 Å². The Bertz CT molecular complexity index is 998. The number of rotatable bonds is 5. The van der Waals surface area contributed by atoms with Gasteiger partial charge in [-0.25, -0.2) is 9.78 Å². The summed E-state index contributed by atoms with van der Waals surface area (Å²) in [5, 5.41) is 0. The smallest absolute Gasteiger partial charge is 0.359 e. The summed E-state index contributed by atoms with van der Waals surface area (Å²) in [6.07, 6.45) is 7.97. The molecule has 0 radical (unpaired) electrons. The molecule has 1 aliphatic rings. The number of aryl methyl sites for hydroxylation is 1. The minimum absolute atomic E-state index is 0.203. The van der Waals surface area contributed by atoms with Gasteiger partial charge in [-0.3, -0.25) is 4.79 Å². The van der Waals surface area contributed by atoms with Crippen LogP contribution in [0, 0.1) is 6.92 Å². The molecular formula is C23H24N2O3. The third kappa shape index (κ3) is 3.84. The van der Waals surface area contributed by atoms with Gasteiger partial charge in [-0.15, -0.1) is 0 Å². The Morgan fingerprint density at radius 3 is 2.54 bits per heavy atom. The molecule has 3 aromatic rings. The van der Waals surface area contributed by atoms with Crippen LogP contribution in [0.25, 0.3) is 5.65 Å². The molecule has 4 rings (SSSR count). The standard InChI is InChI=1S/C23H24N2O3/c1-16-6-5-9-22-24-20(14-25(16)22)23(27)28-15-21(26)19-12-10-18(11-13-19)17-7-3-2-4-8-17/h5-6,9-14,17H,2-4,7-8,15H2,1H3. The Morgan fingerprint density at radius 1 is 1.07 bits per heavy atom. The van der Waals surface area contributed by atoms with Crippen LogP contribution in [0.15, 0.2) is 48.7 Å². The van der Waals surface area contributed by atoms with E-state index in [0.717, 1.165) is 5.69 Å². The van der Waals surface area contributed by atoms with Crippen molar-refractivity contribution in [2.45, 2.75) is 44.9 Å². The number of pyridine rings is 1. The summed E-state index contributed by atoms with van der Waals surface area (Å²) in [5.74, 6) is -0.187. The van der Waals surface area contributed by atoms with Crippen molar-refractivity contribution in [3.8, 4) is 0 Å². The van der Waals surface area contributed by atoms with Crippen LogP contribution in [0.2, 0.25) is 0 Å². The molecule has 0 aliphatic heterocycles. The van der Waals surface area contributed by atoms with Crippen molar-refractivity contribution < 1.29 is 14.3 Å². The topological polar surface area (TPSA) is 60.7 Å². The molecule has 2 aromatic heterocycles. The lowest BCUT2D eigenvalue weighted by Crippen LogP contribution is -2.14. The van der Waals surface area contributed by atoms with Crippen LogP contribution >= 0.6 is 0 Å². The second-order valence-corrected chi connectivity index (χ2v) is 7.48. The lowest BCUT2D eigenvalue weighted by Gasteiger charge is -2.22. The molecule has 0 spiro atoms. The van der Waals surface area contributed by atoms with Crippen LogP contribution in [0.5, 0.6) is 0 Å². The molecule has 2 heterocycles. The normalized spacial score (nSPS) is 14.9. The molecule has 0 unspecified atom stereocenters. The molecule has 0 N–H and O–H groups in total. The molecule has 0 saturated heterocycles. The zero-order valence-electron chi connectivity index (χ0n) is 16.1. The predicted octanol–water partition coefficient (Wildman–Crippen LogP) is 4.73. The van der Waals surface area contributed by atoms with Crippen LogP contribution in [0.4, 0.5) is 0 Å². The average Bonchev–Trinajstić information content (AvgIpc) is 3.18. The second kappa shape index (κ2) is 7.97. The highest BCUT2D eigenvalue weighted by Crippen LogP contribution is 2.32. The maximum absolute atomic E-state index is 12.4. The van der Waals surface area contributed by atoms with Crippen molar-refractivity contribution in [3.63, 3.8) is 0 Å². The highest BCUT2D eigenvalue weighted by Gasteiger charge is 2.18. The molecule has 1 aromatic carbocycles. The van der Waals surface area contributed by atoms with E-state index in [4.69, 9.17) is 4.74 Å². The lowest BCUT2D eigenvalue weighted by molar-refractivity contribution is 0.0469. The van der Waals surface area contributed by atoms with Gasteiger partial charge in [-0.1, -0.05) is 49.6 Å². The first-order valence-corrected chi connectivity index (χ1v) is 9.87. The molecule has 0 amide bonds. The summed E-state index contributed by atoms with van der Waals surface area (Å²) >= 11 is 0. The van der Waals surface area contributed by atoms with Gasteiger partial charge in [0.25, 0.3) is 0 Å². The van der Waals surface area contributed by atoms with Gasteiger partial charge in [0.1, 0.15) is 5.65 Å². The number of esters is 1. The van der Waals surface area contributed by atoms with Gasteiger partial charge in [-0.05, 0) is 43.4 Å². The first-order chi connectivity index (χ1) is 13.6. The summed E-state index contributed by atoms with van der Waals surface area (Å²) in [7, 11) is 0. The van der Waals surface area contributed by atoms with Gasteiger partial charge in [0.2, 0.25) is 0 Å². The highest BCUT2D eigenvalue weighted by molar-refractivity contribution is 5.99. The van der Waals surface area contributed by atoms with Gasteiger partial charge < -0.3 is 9.14 Å². The van der Waals surface area contributed by atoms with E-state index in [0.29, 0.717) is 17.1 Å². The van der Waals surface area contributed by atoms with Gasteiger partial charge in [0.05, 0.1) is 0 Å². The van der Waals surface area contributed by atoms with E-state index in [-0.39, 0.29) is 18.1 Å². The van der Waals surface area contributed by atoms with E-state index in [1.54, 1.807) is 6.20 Å². The third-order valence-electron chi connectivity index (χ3n) is 5.55. The van der Waals surface area contributed by atoms with Crippen molar-refractivity contribution in [2.24, 2.45) is 0 Å². The number of hydrogen-bond donors (Lipinski definition) is 0. The predicted molar refractivity (Wildman–Crippen MR) is 107 cm³/mol. The fourth-order valence-electron chi connectivity index (χ4n) is 3.91. The number of ether oxygens (including phenoxy) is 1. The summed E-state index contributed by atoms with van der Waals surface area (Å²) in [6, 6.07) is 13.4. The number of ketones is 1. The number of imidazole rings is 1. The first kappa shape index (κ1) is 18.4. The molecule has 144 valence electrons. The Hall–Kier alpha value is -2.95. The maximum atomic E-state index is 12.4. The largest absolute Gasteiger partial charge is 0.453 e. The van der Waals surface area contributed by atoms with Gasteiger partial charge in [-0.2, -0.15) is 0 Å². The highest BCUT2D eigenvalue weighted by atomic mass is 16.5. The summed E-state index contributed by atoms with van der Waals surface area (Å²) < 4.78 is 7.02. The minimum Gasteiger partial charge on any atom is -0.453 e. The molecule has 28 heavy (non-hydrogen) atoms. The molecule has 5 nitrogen and oxygen atoms in total. The number of carbonyl (C=O) groups excluding carboxylic acids is 2. The SMILES string of the molecule is Cc1cccc2nc(C(=O)OCC(=O)c3ccc(C4CCCCC4)cc3)cn12. The fourth-order valence-corrected chi connectivity index (χ4v) is 3.91. The number of hydrogen-bond acceptors (Lipinski definition) is 4. The number of benzene rings is 1. The van der Waals surface area contributed by atoms with E-state index in [2.05, 4.69) is 4.98 Å². The van der Waals surface area contributed by atoms with Crippen molar-refractivity contribution in [3.05, 3.63) is 71.2 Å². The Balaban J connectivity index is 1.37. The zero-order chi connectivity index (χ0) is 19.5. The monoisotopic (exact) mass is 376 g/mol. The van der Waals surface area contributed by atoms with E-state index >= 15 is 0 Å². The number of fused-ring (bicyclic) bond motifs is 1. The molecular weight excluding hydrogens is 352 g/mol. The van der Waals surface area contributed by atoms with Crippen molar-refractivity contribution in [1.29, 1.82) is 0 Å². The molecule has 0 atom stereocenters. The van der Waals surface area contributed by atoms with E-state index in [1.165, 1.54) is 37.7 Å². The molecule has 1 fully saturated rings. The second-order valence-electron chi connectivity index (χ2n) is 7.48. The van der Waals surface area contributed by atoms with Crippen molar-refractivity contribution in [1.82, 2.24) is 9.38 Å². The molecule has 1 saturated carbocycles. The number of nitrogens with zero attached hydrogens (tertiary/aromatic N) is 2. The third-order valence-corrected chi connectivity index (χ3v) is 5.55. The summed E-state index contributed by atoms with van der Waals surface area (Å²) in [6.45, 7) is 1.65. The Morgan fingerprint density at radius 2 is 1.82 bits per heavy atom. The lowest BCUT2D eigenvalue weighted by atomic mass is 9.84. The Labute approximate surface area is 164 Å². The fraction of sp³-hybridized carbons (Fsp3) is 0.348. The molecule has 0 bridgehead atoms. The zero-order valence-corrected chi connectivity index (χ0v) is 16.1. The van der Waals surface area contributed by atoms with Crippen LogP contribution in [-0.2, 0) is 4.74 Å².